The Morgan fingerprint density at radius 2 is 1.92 bits per heavy atom. The molecule has 0 heterocycles. The van der Waals surface area contributed by atoms with Crippen LogP contribution in [-0.2, 0) is 4.79 Å². The van der Waals surface area contributed by atoms with Crippen LogP contribution in [0.5, 0.6) is 0 Å². The molecule has 0 atom stereocenters. The summed E-state index contributed by atoms with van der Waals surface area (Å²) in [5.41, 5.74) is 6.18. The Morgan fingerprint density at radius 3 is 2.25 bits per heavy atom. The fourth-order valence-electron chi connectivity index (χ4n) is 0.885. The smallest absolute Gasteiger partial charge is 0.267 e. The van der Waals surface area contributed by atoms with E-state index in [1.807, 2.05) is 13.0 Å². The van der Waals surface area contributed by atoms with Gasteiger partial charge in [-0.1, -0.05) is 13.0 Å². The van der Waals surface area contributed by atoms with E-state index in [-0.39, 0.29) is 5.91 Å². The van der Waals surface area contributed by atoms with Crippen LogP contribution in [0.15, 0.2) is 11.6 Å². The lowest BCUT2D eigenvalue weighted by molar-refractivity contribution is -0.132. The number of hydrogen-bond acceptors (Lipinski definition) is 3. The van der Waals surface area contributed by atoms with Gasteiger partial charge in [0.05, 0.1) is 0 Å². The van der Waals surface area contributed by atoms with Crippen molar-refractivity contribution in [3.8, 4) is 0 Å². The second-order valence-corrected chi connectivity index (χ2v) is 2.38. The van der Waals surface area contributed by atoms with Gasteiger partial charge in [0.2, 0.25) is 0 Å². The standard InChI is InChI=1S/C8H17N3O/c1-5-6-7(2)8(12)11(9-3)10-4/h6,9-10H,5H2,1-4H3. The van der Waals surface area contributed by atoms with Crippen LogP contribution < -0.4 is 10.9 Å². The van der Waals surface area contributed by atoms with Crippen LogP contribution >= 0.6 is 0 Å². The first-order valence-electron chi connectivity index (χ1n) is 4.03. The summed E-state index contributed by atoms with van der Waals surface area (Å²) in [4.78, 5) is 11.4. The van der Waals surface area contributed by atoms with Crippen molar-refractivity contribution in [2.45, 2.75) is 20.3 Å². The quantitative estimate of drug-likeness (QED) is 0.476. The molecule has 0 unspecified atom stereocenters. The summed E-state index contributed by atoms with van der Waals surface area (Å²) < 4.78 is 0. The number of hydrogen-bond donors (Lipinski definition) is 2. The van der Waals surface area contributed by atoms with Gasteiger partial charge in [-0.25, -0.2) is 16.0 Å². The summed E-state index contributed by atoms with van der Waals surface area (Å²) >= 11 is 0. The Kier molecular flexibility index (Phi) is 5.32. The number of carbonyl (C=O) groups excluding carboxylic acids is 1. The van der Waals surface area contributed by atoms with Crippen molar-refractivity contribution in [2.24, 2.45) is 0 Å². The van der Waals surface area contributed by atoms with Gasteiger partial charge in [-0.05, 0) is 13.3 Å². The molecule has 0 spiro atoms. The first-order chi connectivity index (χ1) is 5.67. The van der Waals surface area contributed by atoms with Crippen LogP contribution in [0.3, 0.4) is 0 Å². The third-order valence-electron chi connectivity index (χ3n) is 1.50. The van der Waals surface area contributed by atoms with Gasteiger partial charge < -0.3 is 0 Å². The number of amides is 1. The molecule has 0 rings (SSSR count). The van der Waals surface area contributed by atoms with Crippen LogP contribution in [0, 0.1) is 0 Å². The number of nitrogens with one attached hydrogen (secondary N) is 2. The molecule has 0 aliphatic carbocycles. The molecule has 4 nitrogen and oxygen atoms in total. The van der Waals surface area contributed by atoms with Gasteiger partial charge >= 0.3 is 0 Å². The summed E-state index contributed by atoms with van der Waals surface area (Å²) in [6.07, 6.45) is 2.77. The Morgan fingerprint density at radius 1 is 1.42 bits per heavy atom. The normalized spacial score (nSPS) is 11.5. The molecule has 4 heteroatoms. The second kappa shape index (κ2) is 5.74. The van der Waals surface area contributed by atoms with E-state index in [9.17, 15) is 4.79 Å². The summed E-state index contributed by atoms with van der Waals surface area (Å²) in [5, 5.41) is 1.33. The molecule has 0 aromatic carbocycles. The molecular weight excluding hydrogens is 154 g/mol. The Balaban J connectivity index is 4.25. The van der Waals surface area contributed by atoms with Crippen molar-refractivity contribution >= 4 is 5.91 Å². The van der Waals surface area contributed by atoms with Crippen molar-refractivity contribution in [1.29, 1.82) is 0 Å². The maximum absolute atomic E-state index is 11.4. The summed E-state index contributed by atoms with van der Waals surface area (Å²) in [6, 6.07) is 0. The fourth-order valence-corrected chi connectivity index (χ4v) is 0.885. The predicted octanol–water partition coefficient (Wildman–Crippen LogP) is 0.440. The number of hydrazine groups is 2. The van der Waals surface area contributed by atoms with Gasteiger partial charge in [0, 0.05) is 19.7 Å². The molecule has 0 saturated heterocycles. The molecule has 2 N–H and O–H groups in total. The van der Waals surface area contributed by atoms with Gasteiger partial charge in [0.1, 0.15) is 0 Å². The van der Waals surface area contributed by atoms with Crippen LogP contribution in [0.25, 0.3) is 0 Å². The lowest BCUT2D eigenvalue weighted by Crippen LogP contribution is -2.48. The number of nitrogens with zero attached hydrogens (tertiary/aromatic N) is 1. The van der Waals surface area contributed by atoms with Crippen LogP contribution in [0.4, 0.5) is 0 Å². The summed E-state index contributed by atoms with van der Waals surface area (Å²) in [6.45, 7) is 3.80. The summed E-state index contributed by atoms with van der Waals surface area (Å²) in [7, 11) is 3.38. The Bertz CT molecular complexity index is 173. The topological polar surface area (TPSA) is 44.4 Å². The third kappa shape index (κ3) is 3.02. The predicted molar refractivity (Wildman–Crippen MR) is 49.0 cm³/mol. The highest BCUT2D eigenvalue weighted by molar-refractivity contribution is 5.92. The lowest BCUT2D eigenvalue weighted by atomic mass is 10.2. The number of rotatable bonds is 4. The minimum absolute atomic E-state index is 0.0538. The van der Waals surface area contributed by atoms with E-state index in [0.717, 1.165) is 12.0 Å². The highest BCUT2D eigenvalue weighted by atomic mass is 16.2. The molecule has 0 aromatic rings. The molecule has 0 aliphatic rings. The van der Waals surface area contributed by atoms with E-state index >= 15 is 0 Å². The molecule has 0 aromatic heterocycles. The van der Waals surface area contributed by atoms with Crippen LogP contribution in [-0.4, -0.2) is 25.1 Å². The second-order valence-electron chi connectivity index (χ2n) is 2.38. The molecule has 12 heavy (non-hydrogen) atoms. The molecule has 0 bridgehead atoms. The number of allylic oxidation sites excluding steroid dienone is 1. The maximum atomic E-state index is 11.4. The Labute approximate surface area is 73.6 Å². The van der Waals surface area contributed by atoms with E-state index in [1.165, 1.54) is 5.12 Å². The molecule has 1 amide bonds. The zero-order valence-electron chi connectivity index (χ0n) is 8.14. The number of carbonyl (C=O) groups is 1. The zero-order chi connectivity index (χ0) is 9.56. The van der Waals surface area contributed by atoms with E-state index in [4.69, 9.17) is 0 Å². The van der Waals surface area contributed by atoms with Crippen molar-refractivity contribution in [2.75, 3.05) is 14.1 Å². The average Bonchev–Trinajstić information content (AvgIpc) is 2.07. The first-order valence-corrected chi connectivity index (χ1v) is 4.03. The molecule has 70 valence electrons. The van der Waals surface area contributed by atoms with Crippen molar-refractivity contribution in [3.63, 3.8) is 0 Å². The molecule has 0 fully saturated rings. The zero-order valence-corrected chi connectivity index (χ0v) is 8.14. The molecule has 0 aliphatic heterocycles. The third-order valence-corrected chi connectivity index (χ3v) is 1.50. The minimum atomic E-state index is -0.0538. The van der Waals surface area contributed by atoms with Gasteiger partial charge in [0.15, 0.2) is 0 Å². The van der Waals surface area contributed by atoms with E-state index in [0.29, 0.717) is 0 Å². The van der Waals surface area contributed by atoms with Gasteiger partial charge in [-0.2, -0.15) is 0 Å². The minimum Gasteiger partial charge on any atom is -0.267 e. The van der Waals surface area contributed by atoms with Crippen molar-refractivity contribution in [3.05, 3.63) is 11.6 Å². The highest BCUT2D eigenvalue weighted by Gasteiger charge is 2.10. The van der Waals surface area contributed by atoms with Gasteiger partial charge in [-0.15, -0.1) is 0 Å². The fraction of sp³-hybridized carbons (Fsp3) is 0.625. The van der Waals surface area contributed by atoms with E-state index in [1.54, 1.807) is 21.0 Å². The Hall–Kier alpha value is -0.870. The SMILES string of the molecule is CCC=C(C)C(=O)N(NC)NC. The summed E-state index contributed by atoms with van der Waals surface area (Å²) in [5.74, 6) is -0.0538. The van der Waals surface area contributed by atoms with Crippen molar-refractivity contribution in [1.82, 2.24) is 16.0 Å². The van der Waals surface area contributed by atoms with E-state index in [2.05, 4.69) is 10.9 Å². The first kappa shape index (κ1) is 11.1. The van der Waals surface area contributed by atoms with Gasteiger partial charge in [-0.3, -0.25) is 4.79 Å². The molecule has 0 radical (unpaired) electrons. The van der Waals surface area contributed by atoms with Crippen molar-refractivity contribution < 1.29 is 4.79 Å². The monoisotopic (exact) mass is 171 g/mol. The highest BCUT2D eigenvalue weighted by Crippen LogP contribution is 1.97. The van der Waals surface area contributed by atoms with E-state index < -0.39 is 0 Å². The van der Waals surface area contributed by atoms with Crippen LogP contribution in [0.1, 0.15) is 20.3 Å². The largest absolute Gasteiger partial charge is 0.278 e. The van der Waals surface area contributed by atoms with Gasteiger partial charge in [0.25, 0.3) is 5.91 Å². The average molecular weight is 171 g/mol. The lowest BCUT2D eigenvalue weighted by Gasteiger charge is -2.19. The maximum Gasteiger partial charge on any atom is 0.278 e. The molecular formula is C8H17N3O. The van der Waals surface area contributed by atoms with Crippen LogP contribution in [0.2, 0.25) is 0 Å². The molecule has 0 saturated carbocycles.